The maximum Gasteiger partial charge on any atom is 0.417 e. The molecule has 0 fully saturated rings. The number of aryl methyl sites for hydroxylation is 1. The van der Waals surface area contributed by atoms with E-state index in [1.54, 1.807) is 59.2 Å². The number of carbonyl (C=O) groups is 3. The maximum absolute atomic E-state index is 12.8. The van der Waals surface area contributed by atoms with Crippen molar-refractivity contribution >= 4 is 140 Å². The number of benzene rings is 6. The molecule has 27 heteroatoms. The zero-order valence-electron chi connectivity index (χ0n) is 68.9. The number of amides is 3. The molecule has 5 aromatic heterocycles. The zero-order chi connectivity index (χ0) is 86.0. The standard InChI is InChI=1S/C13H18FNO.2C12H16ClNO.C12H12F3NS.C12H15NOS.C11H12ClNS.C9H9ClF3N.C7H10N2/c1-4-15(13(16)9-10(2)3)12-7-5-11(14)6-8-12;1-8(2)6-12(15)14-11-5-4-9(3)7-10(11)13;1-9(2)7-12(15)14-8-10-3-5-11(13)6-4-10;1-7(2)5-11-16-9-6-8(12(13,14)15)3-4-10(9)17-11;1-8(2)6-12-13-10-5-4-9(14-3)7-11(10)15-12;1-7(2)5-11-13-9-6-8(12)3-4-10(9)14-11;1-5(2)8-7(10)3-6(4-14-8)9(11,12)13;1-6(2)7-8-4-3-5-9-7/h5-8,10H,4,9H2,1-3H3;4-5,7-8H,6H2,1-3H3,(H,14,15);3-6,9H,7-8H2,1-2H3,(H,14,15);3-4,6-7H,5H2,1-2H3;4-5,7-8H,6H2,1-3H3;3-4,6-7H,5H2,1-2H3;3-5H,1-2H3;3-6H,1-2H3. The second kappa shape index (κ2) is 49.4. The van der Waals surface area contributed by atoms with Crippen LogP contribution in [-0.4, -0.2) is 61.3 Å². The lowest BCUT2D eigenvalue weighted by molar-refractivity contribution is -0.138. The predicted molar refractivity (Wildman–Crippen MR) is 466 cm³/mol. The molecule has 13 nitrogen and oxygen atoms in total. The number of carbonyl (C=O) groups excluding carboxylic acids is 3. The van der Waals surface area contributed by atoms with Gasteiger partial charge in [0, 0.05) is 91.9 Å². The minimum Gasteiger partial charge on any atom is -0.497 e. The summed E-state index contributed by atoms with van der Waals surface area (Å²) >= 11 is 28.3. The summed E-state index contributed by atoms with van der Waals surface area (Å²) < 4.78 is 95.3. The molecule has 2 N–H and O–H groups in total. The minimum atomic E-state index is -4.38. The number of nitrogens with zero attached hydrogens (tertiary/aromatic N) is 7. The van der Waals surface area contributed by atoms with Crippen LogP contribution in [0.15, 0.2) is 152 Å². The Labute approximate surface area is 706 Å². The zero-order valence-corrected chi connectivity index (χ0v) is 74.3. The van der Waals surface area contributed by atoms with Gasteiger partial charge in [0.25, 0.3) is 0 Å². The van der Waals surface area contributed by atoms with Crippen LogP contribution in [-0.2, 0) is 52.5 Å². The van der Waals surface area contributed by atoms with Crippen molar-refractivity contribution in [3.05, 3.63) is 227 Å². The number of anilines is 2. The summed E-state index contributed by atoms with van der Waals surface area (Å²) in [5.41, 5.74) is 5.19. The molecule has 0 aliphatic rings. The van der Waals surface area contributed by atoms with Crippen molar-refractivity contribution in [2.75, 3.05) is 23.9 Å². The topological polar surface area (TPSA) is 165 Å². The van der Waals surface area contributed by atoms with E-state index in [0.29, 0.717) is 101 Å². The molecule has 11 aromatic rings. The van der Waals surface area contributed by atoms with Crippen LogP contribution in [0.3, 0.4) is 0 Å². The second-order valence-corrected chi connectivity index (χ2v) is 35.1. The number of alkyl halides is 6. The summed E-state index contributed by atoms with van der Waals surface area (Å²) in [6, 6.07) is 37.5. The molecule has 0 saturated heterocycles. The van der Waals surface area contributed by atoms with E-state index in [9.17, 15) is 45.1 Å². The van der Waals surface area contributed by atoms with Gasteiger partial charge in [0.15, 0.2) is 0 Å². The number of methoxy groups -OCH3 is 1. The summed E-state index contributed by atoms with van der Waals surface area (Å²) in [5, 5.41) is 11.1. The highest BCUT2D eigenvalue weighted by Gasteiger charge is 2.32. The Morgan fingerprint density at radius 2 is 1.01 bits per heavy atom. The Morgan fingerprint density at radius 1 is 0.504 bits per heavy atom. The van der Waals surface area contributed by atoms with Crippen LogP contribution in [0.25, 0.3) is 30.6 Å². The van der Waals surface area contributed by atoms with Gasteiger partial charge in [-0.05, 0) is 182 Å². The summed E-state index contributed by atoms with van der Waals surface area (Å²) in [6.45, 7) is 37.9. The molecular formula is C88H108Cl4F7N9O4S3. The number of hydrogen-bond donors (Lipinski definition) is 2. The Bertz CT molecular complexity index is 4750. The van der Waals surface area contributed by atoms with Crippen molar-refractivity contribution in [3.63, 3.8) is 0 Å². The highest BCUT2D eigenvalue weighted by atomic mass is 35.5. The van der Waals surface area contributed by atoms with Crippen LogP contribution >= 0.6 is 80.4 Å². The van der Waals surface area contributed by atoms with Crippen LogP contribution in [0.2, 0.25) is 20.1 Å². The number of halogens is 11. The summed E-state index contributed by atoms with van der Waals surface area (Å²) in [7, 11) is 1.69. The SMILES string of the molecule is CC(C)CC(=O)NCc1ccc(Cl)cc1.CC(C)Cc1nc2cc(C(F)(F)F)ccc2s1.CC(C)Cc1nc2cc(Cl)ccc2s1.CC(C)c1ncc(C(F)(F)F)cc1Cl.CC(C)c1ncccn1.CCN(C(=O)CC(C)C)c1ccc(F)cc1.COc1ccc2nc(CC(C)C)sc2c1.Cc1ccc(NC(=O)CC(C)C)c(Cl)c1. The van der Waals surface area contributed by atoms with E-state index in [1.807, 2.05) is 148 Å². The number of nitrogens with one attached hydrogen (secondary N) is 2. The lowest BCUT2D eigenvalue weighted by Gasteiger charge is -2.22. The molecule has 0 radical (unpaired) electrons. The molecule has 5 heterocycles. The van der Waals surface area contributed by atoms with E-state index in [4.69, 9.17) is 51.1 Å². The third-order valence-electron chi connectivity index (χ3n) is 15.7. The molecule has 0 bridgehead atoms. The highest BCUT2D eigenvalue weighted by Crippen LogP contribution is 2.36. The molecule has 0 aliphatic heterocycles. The van der Waals surface area contributed by atoms with Gasteiger partial charge in [-0.25, -0.2) is 29.3 Å². The minimum absolute atomic E-state index is 0.00996. The van der Waals surface area contributed by atoms with Gasteiger partial charge < -0.3 is 20.3 Å². The number of thiazole rings is 3. The average Bonchev–Trinajstić information content (AvgIpc) is 1.70. The average molecular weight is 1730 g/mol. The first kappa shape index (κ1) is 99.5. The first-order chi connectivity index (χ1) is 53.9. The number of pyridine rings is 1. The van der Waals surface area contributed by atoms with Crippen molar-refractivity contribution in [2.24, 2.45) is 35.5 Å². The van der Waals surface area contributed by atoms with E-state index >= 15 is 0 Å². The van der Waals surface area contributed by atoms with Crippen molar-refractivity contribution in [1.29, 1.82) is 0 Å². The van der Waals surface area contributed by atoms with Gasteiger partial charge in [0.05, 0.1) is 85.3 Å². The van der Waals surface area contributed by atoms with Crippen LogP contribution < -0.4 is 20.3 Å². The van der Waals surface area contributed by atoms with Gasteiger partial charge in [-0.2, -0.15) is 26.3 Å². The fourth-order valence-corrected chi connectivity index (χ4v) is 14.7. The molecule has 624 valence electrons. The van der Waals surface area contributed by atoms with Crippen molar-refractivity contribution in [3.8, 4) is 5.75 Å². The van der Waals surface area contributed by atoms with Gasteiger partial charge in [-0.1, -0.05) is 175 Å². The molecule has 0 spiro atoms. The lowest BCUT2D eigenvalue weighted by Crippen LogP contribution is -2.31. The smallest absolute Gasteiger partial charge is 0.417 e. The van der Waals surface area contributed by atoms with Gasteiger partial charge in [0.1, 0.15) is 17.4 Å². The summed E-state index contributed by atoms with van der Waals surface area (Å²) in [6.07, 6.45) is 0.191. The first-order valence-corrected chi connectivity index (χ1v) is 42.0. The number of fused-ring (bicyclic) bond motifs is 3. The summed E-state index contributed by atoms with van der Waals surface area (Å²) in [4.78, 5) is 61.6. The van der Waals surface area contributed by atoms with Crippen molar-refractivity contribution in [1.82, 2.24) is 35.2 Å². The highest BCUT2D eigenvalue weighted by molar-refractivity contribution is 7.19. The van der Waals surface area contributed by atoms with Crippen LogP contribution in [0.5, 0.6) is 5.75 Å². The Morgan fingerprint density at radius 3 is 1.48 bits per heavy atom. The normalized spacial score (nSPS) is 11.2. The number of rotatable bonds is 20. The first-order valence-electron chi connectivity index (χ1n) is 38.0. The van der Waals surface area contributed by atoms with Crippen LogP contribution in [0, 0.1) is 48.2 Å². The monoisotopic (exact) mass is 1720 g/mol. The van der Waals surface area contributed by atoms with Crippen LogP contribution in [0.1, 0.15) is 198 Å². The molecule has 115 heavy (non-hydrogen) atoms. The molecule has 3 amide bonds. The maximum atomic E-state index is 12.8. The summed E-state index contributed by atoms with van der Waals surface area (Å²) in [5.74, 6) is 5.05. The molecule has 6 aromatic carbocycles. The van der Waals surface area contributed by atoms with E-state index in [-0.39, 0.29) is 34.5 Å². The van der Waals surface area contributed by atoms with E-state index in [2.05, 4.69) is 102 Å². The molecule has 11 rings (SSSR count). The quantitative estimate of drug-likeness (QED) is 0.0702. The van der Waals surface area contributed by atoms with E-state index < -0.39 is 23.5 Å². The van der Waals surface area contributed by atoms with Crippen LogP contribution in [0.4, 0.5) is 42.1 Å². The third kappa shape index (κ3) is 37.9. The Hall–Kier alpha value is -7.90. The number of ether oxygens (including phenoxy) is 1. The van der Waals surface area contributed by atoms with Gasteiger partial charge >= 0.3 is 12.4 Å². The fourth-order valence-electron chi connectivity index (χ4n) is 10.2. The van der Waals surface area contributed by atoms with Crippen molar-refractivity contribution < 1.29 is 49.9 Å². The Kier molecular flexibility index (Phi) is 42.7. The van der Waals surface area contributed by atoms with Crippen molar-refractivity contribution in [2.45, 2.75) is 194 Å². The Balaban J connectivity index is 0.000000278. The molecule has 0 aliphatic carbocycles. The van der Waals surface area contributed by atoms with Gasteiger partial charge in [-0.15, -0.1) is 34.0 Å². The molecule has 0 saturated carbocycles. The fraction of sp³-hybridized carbons (Fsp3) is 0.420. The predicted octanol–water partition coefficient (Wildman–Crippen LogP) is 27.5. The largest absolute Gasteiger partial charge is 0.497 e. The van der Waals surface area contributed by atoms with E-state index in [1.165, 1.54) is 49.0 Å². The molecule has 0 atom stereocenters. The number of aromatic nitrogens is 6. The lowest BCUT2D eigenvalue weighted by atomic mass is 10.1. The van der Waals surface area contributed by atoms with Gasteiger partial charge in [0.2, 0.25) is 17.7 Å². The number of hydrogen-bond acceptors (Lipinski definition) is 13. The molecular weight excluding hydrogens is 1620 g/mol. The molecule has 0 unspecified atom stereocenters. The van der Waals surface area contributed by atoms with E-state index in [0.717, 1.165) is 97.8 Å². The third-order valence-corrected chi connectivity index (χ3v) is 20.0. The second-order valence-electron chi connectivity index (χ2n) is 30.1. The van der Waals surface area contributed by atoms with Gasteiger partial charge in [-0.3, -0.25) is 19.4 Å².